The third kappa shape index (κ3) is 6.40. The van der Waals surface area contributed by atoms with Crippen LogP contribution in [0.3, 0.4) is 0 Å². The average molecular weight is 300 g/mol. The first-order valence-corrected chi connectivity index (χ1v) is 7.41. The largest absolute Gasteiger partial charge is 0.434 e. The lowest BCUT2D eigenvalue weighted by molar-refractivity contribution is -0.0505. The summed E-state index contributed by atoms with van der Waals surface area (Å²) in [4.78, 5) is 2.38. The molecule has 0 saturated carbocycles. The Morgan fingerprint density at radius 2 is 1.71 bits per heavy atom. The van der Waals surface area contributed by atoms with Gasteiger partial charge in [0.25, 0.3) is 0 Å². The highest BCUT2D eigenvalue weighted by atomic mass is 19.3. The number of alkyl halides is 2. The van der Waals surface area contributed by atoms with Crippen molar-refractivity contribution in [2.75, 3.05) is 13.1 Å². The van der Waals surface area contributed by atoms with Gasteiger partial charge in [-0.3, -0.25) is 4.90 Å². The molecule has 3 nitrogen and oxygen atoms in total. The number of hydrogen-bond acceptors (Lipinski definition) is 3. The average Bonchev–Trinajstić information content (AvgIpc) is 2.38. The molecule has 0 aliphatic rings. The number of benzene rings is 1. The highest BCUT2D eigenvalue weighted by Gasteiger charge is 2.13. The molecular weight excluding hydrogens is 274 g/mol. The first kappa shape index (κ1) is 17.9. The smallest absolute Gasteiger partial charge is 0.387 e. The molecule has 0 heterocycles. The first-order chi connectivity index (χ1) is 9.91. The molecule has 1 rings (SSSR count). The Morgan fingerprint density at radius 3 is 2.29 bits per heavy atom. The van der Waals surface area contributed by atoms with Crippen molar-refractivity contribution in [3.63, 3.8) is 0 Å². The van der Waals surface area contributed by atoms with Crippen LogP contribution in [0, 0.1) is 0 Å². The quantitative estimate of drug-likeness (QED) is 0.707. The highest BCUT2D eigenvalue weighted by molar-refractivity contribution is 5.33. The van der Waals surface area contributed by atoms with Gasteiger partial charge in [-0.25, -0.2) is 0 Å². The molecule has 0 aliphatic heterocycles. The number of rotatable bonds is 9. The molecule has 0 aromatic heterocycles. The van der Waals surface area contributed by atoms with Gasteiger partial charge in [0, 0.05) is 37.3 Å². The summed E-state index contributed by atoms with van der Waals surface area (Å²) >= 11 is 0. The summed E-state index contributed by atoms with van der Waals surface area (Å²) in [5, 5.41) is 3.29. The Bertz CT molecular complexity index is 403. The van der Waals surface area contributed by atoms with Gasteiger partial charge in [-0.05, 0) is 33.8 Å². The van der Waals surface area contributed by atoms with Crippen molar-refractivity contribution in [3.05, 3.63) is 29.8 Å². The minimum atomic E-state index is -2.79. The normalized spacial score (nSPS) is 11.9. The zero-order valence-corrected chi connectivity index (χ0v) is 13.3. The van der Waals surface area contributed by atoms with E-state index in [9.17, 15) is 8.78 Å². The summed E-state index contributed by atoms with van der Waals surface area (Å²) in [7, 11) is 0. The molecule has 21 heavy (non-hydrogen) atoms. The van der Waals surface area contributed by atoms with E-state index in [1.807, 2.05) is 6.07 Å². The van der Waals surface area contributed by atoms with Crippen molar-refractivity contribution < 1.29 is 13.5 Å². The van der Waals surface area contributed by atoms with Crippen molar-refractivity contribution in [3.8, 4) is 5.75 Å². The highest BCUT2D eigenvalue weighted by Crippen LogP contribution is 2.19. The van der Waals surface area contributed by atoms with Gasteiger partial charge >= 0.3 is 6.61 Å². The fourth-order valence-corrected chi connectivity index (χ4v) is 2.40. The lowest BCUT2D eigenvalue weighted by Crippen LogP contribution is -2.41. The van der Waals surface area contributed by atoms with E-state index >= 15 is 0 Å². The molecule has 5 heteroatoms. The minimum Gasteiger partial charge on any atom is -0.434 e. The van der Waals surface area contributed by atoms with Gasteiger partial charge in [-0.1, -0.05) is 18.2 Å². The molecule has 0 radical (unpaired) electrons. The molecule has 0 saturated heterocycles. The van der Waals surface area contributed by atoms with Gasteiger partial charge in [0.05, 0.1) is 0 Å². The summed E-state index contributed by atoms with van der Waals surface area (Å²) in [6.45, 7) is 8.15. The lowest BCUT2D eigenvalue weighted by atomic mass is 10.2. The van der Waals surface area contributed by atoms with Crippen LogP contribution in [0.2, 0.25) is 0 Å². The molecular formula is C16H26F2N2O. The van der Waals surface area contributed by atoms with E-state index in [4.69, 9.17) is 0 Å². The van der Waals surface area contributed by atoms with Crippen LogP contribution in [0.1, 0.15) is 33.3 Å². The fraction of sp³-hybridized carbons (Fsp3) is 0.625. The maximum Gasteiger partial charge on any atom is 0.387 e. The summed E-state index contributed by atoms with van der Waals surface area (Å²) in [6, 6.07) is 7.86. The molecule has 0 atom stereocenters. The van der Waals surface area contributed by atoms with Crippen molar-refractivity contribution in [1.29, 1.82) is 0 Å². The van der Waals surface area contributed by atoms with E-state index in [1.165, 1.54) is 0 Å². The van der Waals surface area contributed by atoms with Crippen molar-refractivity contribution in [1.82, 2.24) is 10.2 Å². The van der Waals surface area contributed by atoms with Gasteiger partial charge < -0.3 is 10.1 Å². The maximum absolute atomic E-state index is 12.3. The number of hydrogen-bond donors (Lipinski definition) is 1. The second-order valence-electron chi connectivity index (χ2n) is 5.59. The van der Waals surface area contributed by atoms with E-state index in [0.717, 1.165) is 18.7 Å². The van der Waals surface area contributed by atoms with E-state index in [2.05, 4.69) is 42.6 Å². The van der Waals surface area contributed by atoms with Gasteiger partial charge in [0.2, 0.25) is 0 Å². The Hall–Kier alpha value is -1.20. The summed E-state index contributed by atoms with van der Waals surface area (Å²) in [5.41, 5.74) is 0.749. The van der Waals surface area contributed by atoms with Crippen LogP contribution in [0.15, 0.2) is 24.3 Å². The number of para-hydroxylation sites is 1. The predicted molar refractivity (Wildman–Crippen MR) is 81.8 cm³/mol. The van der Waals surface area contributed by atoms with Crippen LogP contribution in [-0.4, -0.2) is 36.7 Å². The first-order valence-electron chi connectivity index (χ1n) is 7.41. The molecule has 120 valence electrons. The molecule has 0 fully saturated rings. The van der Waals surface area contributed by atoms with Crippen LogP contribution in [0.5, 0.6) is 5.75 Å². The van der Waals surface area contributed by atoms with Crippen LogP contribution < -0.4 is 10.1 Å². The van der Waals surface area contributed by atoms with Crippen LogP contribution in [0.4, 0.5) is 8.78 Å². The van der Waals surface area contributed by atoms with Crippen molar-refractivity contribution in [2.45, 2.75) is 52.9 Å². The fourth-order valence-electron chi connectivity index (χ4n) is 2.40. The molecule has 1 N–H and O–H groups in total. The molecule has 1 aromatic carbocycles. The Labute approximate surface area is 126 Å². The molecule has 0 unspecified atom stereocenters. The standard InChI is InChI=1S/C16H26F2N2O/c1-12(2)20(13(3)4)10-9-19-11-14-7-5-6-8-15(14)21-16(17)18/h5-8,12-13,16,19H,9-11H2,1-4H3. The zero-order valence-electron chi connectivity index (χ0n) is 13.3. The molecule has 0 aliphatic carbocycles. The van der Waals surface area contributed by atoms with Gasteiger partial charge in [0.15, 0.2) is 0 Å². The van der Waals surface area contributed by atoms with E-state index < -0.39 is 6.61 Å². The monoisotopic (exact) mass is 300 g/mol. The Balaban J connectivity index is 2.45. The Kier molecular flexibility index (Phi) is 7.61. The zero-order chi connectivity index (χ0) is 15.8. The number of halogens is 2. The van der Waals surface area contributed by atoms with Gasteiger partial charge in [0.1, 0.15) is 5.75 Å². The summed E-state index contributed by atoms with van der Waals surface area (Å²) in [6.07, 6.45) is 0. The van der Waals surface area contributed by atoms with Crippen LogP contribution in [0.25, 0.3) is 0 Å². The topological polar surface area (TPSA) is 24.5 Å². The number of ether oxygens (including phenoxy) is 1. The predicted octanol–water partition coefficient (Wildman–Crippen LogP) is 3.50. The third-order valence-corrected chi connectivity index (χ3v) is 3.38. The van der Waals surface area contributed by atoms with Gasteiger partial charge in [-0.2, -0.15) is 8.78 Å². The van der Waals surface area contributed by atoms with Crippen LogP contribution >= 0.6 is 0 Å². The van der Waals surface area contributed by atoms with E-state index in [-0.39, 0.29) is 5.75 Å². The maximum atomic E-state index is 12.3. The third-order valence-electron chi connectivity index (χ3n) is 3.38. The second kappa shape index (κ2) is 8.95. The molecule has 0 amide bonds. The summed E-state index contributed by atoms with van der Waals surface area (Å²) < 4.78 is 29.2. The minimum absolute atomic E-state index is 0.240. The number of nitrogens with one attached hydrogen (secondary N) is 1. The van der Waals surface area contributed by atoms with E-state index in [1.54, 1.807) is 18.2 Å². The molecule has 1 aromatic rings. The summed E-state index contributed by atoms with van der Waals surface area (Å²) in [5.74, 6) is 0.240. The van der Waals surface area contributed by atoms with Gasteiger partial charge in [-0.15, -0.1) is 0 Å². The van der Waals surface area contributed by atoms with Crippen LogP contribution in [-0.2, 0) is 6.54 Å². The lowest BCUT2D eigenvalue weighted by Gasteiger charge is -2.30. The molecule has 0 bridgehead atoms. The van der Waals surface area contributed by atoms with Crippen molar-refractivity contribution >= 4 is 0 Å². The molecule has 0 spiro atoms. The van der Waals surface area contributed by atoms with E-state index in [0.29, 0.717) is 18.6 Å². The Morgan fingerprint density at radius 1 is 1.10 bits per heavy atom. The number of nitrogens with zero attached hydrogens (tertiary/aromatic N) is 1. The SMILES string of the molecule is CC(C)N(CCNCc1ccccc1OC(F)F)C(C)C. The second-order valence-corrected chi connectivity index (χ2v) is 5.59. The van der Waals surface area contributed by atoms with Crippen molar-refractivity contribution in [2.24, 2.45) is 0 Å².